The van der Waals surface area contributed by atoms with Gasteiger partial charge in [0.2, 0.25) is 0 Å². The van der Waals surface area contributed by atoms with Crippen molar-refractivity contribution in [3.05, 3.63) is 35.7 Å². The lowest BCUT2D eigenvalue weighted by atomic mass is 9.73. The van der Waals surface area contributed by atoms with Crippen molar-refractivity contribution in [2.24, 2.45) is 11.1 Å². The highest BCUT2D eigenvalue weighted by molar-refractivity contribution is 7.99. The number of nitrogens with one attached hydrogen (secondary N) is 1. The maximum atomic E-state index is 6.51. The summed E-state index contributed by atoms with van der Waals surface area (Å²) in [6.07, 6.45) is 7.59. The molecule has 7 nitrogen and oxygen atoms in total. The summed E-state index contributed by atoms with van der Waals surface area (Å²) in [7, 11) is 0. The molecule has 1 spiro atoms. The lowest BCUT2D eigenvalue weighted by Gasteiger charge is -2.41. The number of aromatic nitrogens is 4. The van der Waals surface area contributed by atoms with Crippen molar-refractivity contribution in [3.8, 4) is 0 Å². The van der Waals surface area contributed by atoms with Crippen LogP contribution in [0.1, 0.15) is 19.8 Å². The summed E-state index contributed by atoms with van der Waals surface area (Å²) >= 11 is 8.01. The van der Waals surface area contributed by atoms with E-state index in [4.69, 9.17) is 22.1 Å². The minimum atomic E-state index is 0.113. The van der Waals surface area contributed by atoms with Gasteiger partial charge in [0.15, 0.2) is 0 Å². The predicted molar refractivity (Wildman–Crippen MR) is 115 cm³/mol. The monoisotopic (exact) mass is 430 g/mol. The molecule has 0 amide bonds. The van der Waals surface area contributed by atoms with E-state index in [0.29, 0.717) is 5.02 Å². The van der Waals surface area contributed by atoms with E-state index in [0.717, 1.165) is 59.2 Å². The molecule has 0 aliphatic carbocycles. The normalized spacial score (nSPS) is 23.9. The number of hydrogen-bond donors (Lipinski definition) is 2. The highest BCUT2D eigenvalue weighted by atomic mass is 35.5. The molecule has 2 saturated heterocycles. The minimum Gasteiger partial charge on any atom is -0.376 e. The summed E-state index contributed by atoms with van der Waals surface area (Å²) in [6, 6.07) is 4.06. The number of nitrogens with zero attached hydrogens (tertiary/aromatic N) is 4. The van der Waals surface area contributed by atoms with E-state index in [2.05, 4.69) is 32.0 Å². The number of hydrogen-bond acceptors (Lipinski definition) is 7. The van der Waals surface area contributed by atoms with Crippen LogP contribution >= 0.6 is 23.4 Å². The quantitative estimate of drug-likeness (QED) is 0.656. The second-order valence-corrected chi connectivity index (χ2v) is 9.36. The molecular formula is C20H23ClN6OS. The van der Waals surface area contributed by atoms with Gasteiger partial charge in [-0.1, -0.05) is 23.4 Å². The average molecular weight is 431 g/mol. The molecule has 3 N–H and O–H groups in total. The smallest absolute Gasteiger partial charge is 0.147 e. The van der Waals surface area contributed by atoms with Crippen LogP contribution in [0.25, 0.3) is 10.9 Å². The number of halogens is 1. The van der Waals surface area contributed by atoms with Crippen LogP contribution < -0.4 is 10.6 Å². The van der Waals surface area contributed by atoms with Crippen molar-refractivity contribution in [1.29, 1.82) is 0 Å². The Morgan fingerprint density at radius 1 is 1.24 bits per heavy atom. The Labute approximate surface area is 178 Å². The molecule has 29 heavy (non-hydrogen) atoms. The number of anilines is 1. The number of H-pyrrole nitrogens is 1. The highest BCUT2D eigenvalue weighted by Gasteiger charge is 2.47. The Morgan fingerprint density at radius 3 is 2.76 bits per heavy atom. The fourth-order valence-corrected chi connectivity index (χ4v) is 5.43. The molecule has 3 aromatic rings. The predicted octanol–water partition coefficient (Wildman–Crippen LogP) is 3.49. The molecule has 5 rings (SSSR count). The molecule has 152 valence electrons. The van der Waals surface area contributed by atoms with Gasteiger partial charge in [0.05, 0.1) is 41.8 Å². The van der Waals surface area contributed by atoms with Crippen molar-refractivity contribution in [2.75, 3.05) is 24.6 Å². The maximum Gasteiger partial charge on any atom is 0.147 e. The zero-order valence-electron chi connectivity index (χ0n) is 16.1. The molecule has 9 heteroatoms. The number of rotatable bonds is 3. The molecule has 2 aromatic heterocycles. The van der Waals surface area contributed by atoms with E-state index in [-0.39, 0.29) is 17.6 Å². The van der Waals surface area contributed by atoms with Gasteiger partial charge in [0, 0.05) is 34.8 Å². The summed E-state index contributed by atoms with van der Waals surface area (Å²) < 4.78 is 5.81. The number of fused-ring (bicyclic) bond motifs is 1. The molecule has 2 aliphatic rings. The van der Waals surface area contributed by atoms with Crippen LogP contribution in [0.3, 0.4) is 0 Å². The average Bonchev–Trinajstić information content (AvgIpc) is 3.33. The second-order valence-electron chi connectivity index (χ2n) is 7.92. The van der Waals surface area contributed by atoms with E-state index >= 15 is 0 Å². The first-order chi connectivity index (χ1) is 14.1. The first-order valence-corrected chi connectivity index (χ1v) is 11.0. The molecule has 4 heterocycles. The molecule has 0 bridgehead atoms. The second kappa shape index (κ2) is 7.43. The van der Waals surface area contributed by atoms with E-state index in [1.165, 1.54) is 11.8 Å². The van der Waals surface area contributed by atoms with Crippen molar-refractivity contribution < 1.29 is 4.74 Å². The van der Waals surface area contributed by atoms with Crippen LogP contribution in [0.5, 0.6) is 0 Å². The largest absolute Gasteiger partial charge is 0.376 e. The first kappa shape index (κ1) is 19.1. The lowest BCUT2D eigenvalue weighted by Crippen LogP contribution is -2.50. The van der Waals surface area contributed by atoms with Gasteiger partial charge >= 0.3 is 0 Å². The van der Waals surface area contributed by atoms with Gasteiger partial charge in [-0.05, 0) is 31.9 Å². The van der Waals surface area contributed by atoms with Gasteiger partial charge in [0.1, 0.15) is 10.8 Å². The number of nitrogens with two attached hydrogens (primary N) is 1. The molecule has 0 saturated carbocycles. The van der Waals surface area contributed by atoms with Gasteiger partial charge in [-0.25, -0.2) is 9.97 Å². The third kappa shape index (κ3) is 3.38. The van der Waals surface area contributed by atoms with Crippen molar-refractivity contribution in [2.45, 2.75) is 41.8 Å². The summed E-state index contributed by atoms with van der Waals surface area (Å²) in [5, 5.41) is 9.37. The molecule has 2 aliphatic heterocycles. The molecular weight excluding hydrogens is 408 g/mol. The number of aromatic amines is 1. The fourth-order valence-electron chi connectivity index (χ4n) is 4.33. The maximum absolute atomic E-state index is 6.51. The summed E-state index contributed by atoms with van der Waals surface area (Å²) in [5.74, 6) is 0.904. The van der Waals surface area contributed by atoms with Gasteiger partial charge in [-0.3, -0.25) is 5.10 Å². The number of benzene rings is 1. The molecule has 0 radical (unpaired) electrons. The third-order valence-electron chi connectivity index (χ3n) is 6.28. The van der Waals surface area contributed by atoms with Gasteiger partial charge < -0.3 is 15.4 Å². The standard InChI is InChI=1S/C20H23ClN6OS/c1-12-19(22)20(11-28-12)4-6-27(7-5-20)16-9-24-17(10-23-16)29-15-3-2-14-13(18(15)21)8-25-26-14/h2-3,8-10,12,19H,4-7,11,22H2,1H3,(H,25,26)/t12-,19+/m0/s1. The Morgan fingerprint density at radius 2 is 2.07 bits per heavy atom. The Kier molecular flexibility index (Phi) is 4.90. The van der Waals surface area contributed by atoms with Crippen LogP contribution in [0, 0.1) is 5.41 Å². The van der Waals surface area contributed by atoms with E-state index in [1.807, 2.05) is 24.5 Å². The Balaban J connectivity index is 1.26. The van der Waals surface area contributed by atoms with Gasteiger partial charge in [-0.15, -0.1) is 0 Å². The van der Waals surface area contributed by atoms with Gasteiger partial charge in [0.25, 0.3) is 0 Å². The van der Waals surface area contributed by atoms with Crippen molar-refractivity contribution in [3.63, 3.8) is 0 Å². The van der Waals surface area contributed by atoms with E-state index in [1.54, 1.807) is 6.20 Å². The minimum absolute atomic E-state index is 0.113. The zero-order chi connectivity index (χ0) is 20.0. The van der Waals surface area contributed by atoms with Crippen LogP contribution in [0.15, 0.2) is 40.6 Å². The van der Waals surface area contributed by atoms with E-state index < -0.39 is 0 Å². The van der Waals surface area contributed by atoms with E-state index in [9.17, 15) is 0 Å². The zero-order valence-corrected chi connectivity index (χ0v) is 17.7. The third-order valence-corrected chi connectivity index (χ3v) is 7.78. The Hall–Kier alpha value is -1.87. The number of ether oxygens (including phenoxy) is 1. The fraction of sp³-hybridized carbons (Fsp3) is 0.450. The van der Waals surface area contributed by atoms with Crippen molar-refractivity contribution in [1.82, 2.24) is 20.2 Å². The SMILES string of the molecule is C[C@@H]1OCC2(CCN(c3cnc(Sc4ccc5[nH]ncc5c4Cl)cn3)CC2)[C@@H]1N. The molecule has 0 unspecified atom stereocenters. The number of piperidine rings is 1. The first-order valence-electron chi connectivity index (χ1n) is 9.79. The van der Waals surface area contributed by atoms with Gasteiger partial charge in [-0.2, -0.15) is 5.10 Å². The summed E-state index contributed by atoms with van der Waals surface area (Å²) in [6.45, 7) is 4.69. The highest BCUT2D eigenvalue weighted by Crippen LogP contribution is 2.42. The van der Waals surface area contributed by atoms with Crippen LogP contribution in [-0.2, 0) is 4.74 Å². The molecule has 1 aromatic carbocycles. The summed E-state index contributed by atoms with van der Waals surface area (Å²) in [4.78, 5) is 12.5. The Bertz CT molecular complexity index is 1020. The summed E-state index contributed by atoms with van der Waals surface area (Å²) in [5.41, 5.74) is 7.45. The van der Waals surface area contributed by atoms with Crippen LogP contribution in [0.4, 0.5) is 5.82 Å². The molecule has 2 fully saturated rings. The van der Waals surface area contributed by atoms with Crippen LogP contribution in [-0.4, -0.2) is 52.0 Å². The lowest BCUT2D eigenvalue weighted by molar-refractivity contribution is 0.0974. The van der Waals surface area contributed by atoms with Crippen LogP contribution in [0.2, 0.25) is 5.02 Å². The van der Waals surface area contributed by atoms with Crippen molar-refractivity contribution >= 4 is 40.1 Å². The topological polar surface area (TPSA) is 93.0 Å². The molecule has 2 atom stereocenters.